The fourth-order valence-corrected chi connectivity index (χ4v) is 3.01. The molecule has 3 rings (SSSR count). The van der Waals surface area contributed by atoms with Gasteiger partial charge in [0.25, 0.3) is 5.91 Å². The van der Waals surface area contributed by atoms with Crippen LogP contribution in [0.5, 0.6) is 11.8 Å². The van der Waals surface area contributed by atoms with Crippen molar-refractivity contribution in [3.8, 4) is 23.6 Å². The first kappa shape index (κ1) is 25.7. The Hall–Kier alpha value is -2.60. The summed E-state index contributed by atoms with van der Waals surface area (Å²) in [6, 6.07) is 11.8. The van der Waals surface area contributed by atoms with E-state index in [1.807, 2.05) is 0 Å². The third-order valence-corrected chi connectivity index (χ3v) is 4.55. The van der Waals surface area contributed by atoms with Crippen LogP contribution in [0.15, 0.2) is 60.9 Å². The molecule has 10 heteroatoms. The topological polar surface area (TPSA) is 104 Å². The summed E-state index contributed by atoms with van der Waals surface area (Å²) in [6.07, 6.45) is 2.95. The second kappa shape index (κ2) is 12.4. The van der Waals surface area contributed by atoms with Gasteiger partial charge in [-0.15, -0.1) is 0 Å². The molecule has 7 nitrogen and oxygen atoms in total. The van der Waals surface area contributed by atoms with E-state index in [1.165, 1.54) is 12.1 Å². The summed E-state index contributed by atoms with van der Waals surface area (Å²) in [5.74, 6) is 3.87. The zero-order chi connectivity index (χ0) is 22.2. The summed E-state index contributed by atoms with van der Waals surface area (Å²) >= 11 is 12.0. The SMILES string of the molecule is O=C(NC(CC#Cc1ccc(Oc2ncccn2)cc1)C(=O)[O-])c1c(Cl)cccc1Cl.[Na+]. The summed E-state index contributed by atoms with van der Waals surface area (Å²) in [5, 5.41) is 14.0. The first-order valence-electron chi connectivity index (χ1n) is 8.93. The minimum absolute atomic E-state index is 0. The van der Waals surface area contributed by atoms with Gasteiger partial charge in [0.15, 0.2) is 0 Å². The van der Waals surface area contributed by atoms with Gasteiger partial charge in [0.05, 0.1) is 27.6 Å². The Morgan fingerprint density at radius 2 is 1.66 bits per heavy atom. The minimum Gasteiger partial charge on any atom is -0.548 e. The van der Waals surface area contributed by atoms with Gasteiger partial charge in [0.2, 0.25) is 0 Å². The van der Waals surface area contributed by atoms with Crippen molar-refractivity contribution < 1.29 is 49.0 Å². The molecule has 0 aliphatic heterocycles. The molecular weight excluding hydrogens is 464 g/mol. The number of carbonyl (C=O) groups excluding carboxylic acids is 2. The zero-order valence-corrected chi connectivity index (χ0v) is 20.4. The van der Waals surface area contributed by atoms with Gasteiger partial charge in [-0.1, -0.05) is 41.1 Å². The van der Waals surface area contributed by atoms with E-state index in [2.05, 4.69) is 27.1 Å². The zero-order valence-electron chi connectivity index (χ0n) is 16.8. The van der Waals surface area contributed by atoms with E-state index in [-0.39, 0.29) is 57.6 Å². The maximum atomic E-state index is 12.4. The maximum absolute atomic E-state index is 12.4. The molecule has 1 N–H and O–H groups in total. The Kier molecular flexibility index (Phi) is 9.97. The Morgan fingerprint density at radius 1 is 1.03 bits per heavy atom. The van der Waals surface area contributed by atoms with Crippen molar-refractivity contribution in [3.05, 3.63) is 82.1 Å². The molecule has 0 aliphatic carbocycles. The number of aromatic nitrogens is 2. The molecule has 0 spiro atoms. The summed E-state index contributed by atoms with van der Waals surface area (Å²) in [5.41, 5.74) is 0.613. The number of benzene rings is 2. The molecule has 2 aromatic carbocycles. The van der Waals surface area contributed by atoms with E-state index in [9.17, 15) is 14.7 Å². The van der Waals surface area contributed by atoms with E-state index in [1.54, 1.807) is 48.8 Å². The van der Waals surface area contributed by atoms with Crippen LogP contribution in [0.3, 0.4) is 0 Å². The van der Waals surface area contributed by atoms with E-state index in [0.717, 1.165) is 0 Å². The molecule has 0 saturated carbocycles. The molecule has 1 amide bonds. The molecule has 0 fully saturated rings. The third kappa shape index (κ3) is 7.23. The van der Waals surface area contributed by atoms with E-state index in [0.29, 0.717) is 11.3 Å². The van der Waals surface area contributed by atoms with Crippen molar-refractivity contribution in [1.82, 2.24) is 15.3 Å². The van der Waals surface area contributed by atoms with Gasteiger partial charge in [-0.25, -0.2) is 9.97 Å². The van der Waals surface area contributed by atoms with Crippen molar-refractivity contribution >= 4 is 35.1 Å². The molecule has 0 saturated heterocycles. The fraction of sp³-hybridized carbons (Fsp3) is 0.0909. The van der Waals surface area contributed by atoms with Crippen molar-refractivity contribution in [3.63, 3.8) is 0 Å². The van der Waals surface area contributed by atoms with Crippen LogP contribution in [0.4, 0.5) is 0 Å². The number of amides is 1. The van der Waals surface area contributed by atoms with Gasteiger partial charge < -0.3 is 20.0 Å². The Bertz CT molecular complexity index is 1130. The van der Waals surface area contributed by atoms with E-state index in [4.69, 9.17) is 27.9 Å². The van der Waals surface area contributed by atoms with Crippen LogP contribution in [-0.4, -0.2) is 27.9 Å². The van der Waals surface area contributed by atoms with E-state index >= 15 is 0 Å². The second-order valence-electron chi connectivity index (χ2n) is 6.11. The Morgan fingerprint density at radius 3 is 2.25 bits per heavy atom. The molecule has 0 aliphatic rings. The number of aliphatic carboxylic acids is 1. The molecule has 1 atom stereocenters. The number of carboxylic acid groups (broad SMARTS) is 1. The van der Waals surface area contributed by atoms with Crippen molar-refractivity contribution in [2.75, 3.05) is 0 Å². The van der Waals surface area contributed by atoms with Gasteiger partial charge in [-0.05, 0) is 42.5 Å². The van der Waals surface area contributed by atoms with Crippen LogP contribution in [0.2, 0.25) is 10.0 Å². The minimum atomic E-state index is -1.47. The molecule has 32 heavy (non-hydrogen) atoms. The number of rotatable bonds is 6. The molecule has 156 valence electrons. The van der Waals surface area contributed by atoms with Crippen LogP contribution >= 0.6 is 23.2 Å². The number of nitrogens with zero attached hydrogens (tertiary/aromatic N) is 2. The Balaban J connectivity index is 0.00000363. The van der Waals surface area contributed by atoms with Crippen LogP contribution in [0, 0.1) is 11.8 Å². The molecule has 1 aromatic heterocycles. The number of carbonyl (C=O) groups is 2. The van der Waals surface area contributed by atoms with Crippen LogP contribution in [-0.2, 0) is 4.79 Å². The number of hydrogen-bond donors (Lipinski definition) is 1. The summed E-state index contributed by atoms with van der Waals surface area (Å²) in [4.78, 5) is 31.7. The van der Waals surface area contributed by atoms with E-state index < -0.39 is 17.9 Å². The number of halogens is 2. The molecule has 1 unspecified atom stereocenters. The number of nitrogens with one attached hydrogen (secondary N) is 1. The molecule has 3 aromatic rings. The third-order valence-electron chi connectivity index (χ3n) is 3.92. The number of hydrogen-bond acceptors (Lipinski definition) is 6. The van der Waals surface area contributed by atoms with Gasteiger partial charge >= 0.3 is 35.6 Å². The number of carboxylic acids is 1. The van der Waals surface area contributed by atoms with Crippen LogP contribution in [0.25, 0.3) is 0 Å². The summed E-state index contributed by atoms with van der Waals surface area (Å²) in [6.45, 7) is 0. The standard InChI is InChI=1S/C22H15Cl2N3O4.Na/c23-16-5-2-6-17(24)19(16)20(28)27-18(21(29)30)7-1-4-14-8-10-15(11-9-14)31-22-25-12-3-13-26-22;/h2-3,5-6,8-13,18H,7H2,(H,27,28)(H,29,30);/q;+1/p-1. The average Bonchev–Trinajstić information content (AvgIpc) is 2.75. The predicted molar refractivity (Wildman–Crippen MR) is 113 cm³/mol. The normalized spacial score (nSPS) is 10.7. The van der Waals surface area contributed by atoms with Gasteiger partial charge in [-0.2, -0.15) is 0 Å². The van der Waals surface area contributed by atoms with Crippen molar-refractivity contribution in [1.29, 1.82) is 0 Å². The van der Waals surface area contributed by atoms with Crippen LogP contribution in [0.1, 0.15) is 22.3 Å². The molecule has 1 heterocycles. The first-order chi connectivity index (χ1) is 14.9. The van der Waals surface area contributed by atoms with Gasteiger partial charge in [0.1, 0.15) is 5.75 Å². The number of ether oxygens (including phenoxy) is 1. The molecule has 0 radical (unpaired) electrons. The average molecular weight is 478 g/mol. The van der Waals surface area contributed by atoms with Gasteiger partial charge in [-0.3, -0.25) is 4.79 Å². The first-order valence-corrected chi connectivity index (χ1v) is 9.69. The smallest absolute Gasteiger partial charge is 0.548 e. The monoisotopic (exact) mass is 477 g/mol. The molecule has 0 bridgehead atoms. The summed E-state index contributed by atoms with van der Waals surface area (Å²) < 4.78 is 5.49. The quantitative estimate of drug-likeness (QED) is 0.391. The maximum Gasteiger partial charge on any atom is 1.00 e. The largest absolute Gasteiger partial charge is 1.00 e. The Labute approximate surface area is 216 Å². The predicted octanol–water partition coefficient (Wildman–Crippen LogP) is -0.130. The van der Waals surface area contributed by atoms with Crippen molar-refractivity contribution in [2.24, 2.45) is 0 Å². The van der Waals surface area contributed by atoms with Crippen LogP contribution < -0.4 is 44.7 Å². The second-order valence-corrected chi connectivity index (χ2v) is 6.92. The summed E-state index contributed by atoms with van der Waals surface area (Å²) in [7, 11) is 0. The van der Waals surface area contributed by atoms with Crippen molar-refractivity contribution in [2.45, 2.75) is 12.5 Å². The molecular formula is C22H14Cl2N3NaO4. The van der Waals surface area contributed by atoms with Gasteiger partial charge in [0, 0.05) is 24.4 Å². The fourth-order valence-electron chi connectivity index (χ4n) is 2.44.